The Morgan fingerprint density at radius 2 is 2.06 bits per heavy atom. The van der Waals surface area contributed by atoms with E-state index in [2.05, 4.69) is 26.2 Å². The summed E-state index contributed by atoms with van der Waals surface area (Å²) in [5.74, 6) is -1.12. The normalized spacial score (nSPS) is 11.1. The average Bonchev–Trinajstić information content (AvgIpc) is 2.18. The highest BCUT2D eigenvalue weighted by molar-refractivity contribution is 9.10. The largest absolute Gasteiger partial charge is 0.481 e. The van der Waals surface area contributed by atoms with E-state index < -0.39 is 11.4 Å². The van der Waals surface area contributed by atoms with Crippen LogP contribution >= 0.6 is 15.9 Å². The maximum Gasteiger partial charge on any atom is 0.303 e. The number of anilines is 1. The van der Waals surface area contributed by atoms with Gasteiger partial charge in [-0.2, -0.15) is 0 Å². The molecule has 5 nitrogen and oxygen atoms in total. The summed E-state index contributed by atoms with van der Waals surface area (Å²) in [6.07, 6.45) is 1.64. The van der Waals surface area contributed by atoms with Gasteiger partial charge in [-0.25, -0.2) is 4.98 Å². The van der Waals surface area contributed by atoms with E-state index in [9.17, 15) is 9.59 Å². The lowest BCUT2D eigenvalue weighted by molar-refractivity contribution is -0.139. The number of amides is 1. The predicted octanol–water partition coefficient (Wildman–Crippen LogP) is 2.67. The molecule has 1 amide bonds. The summed E-state index contributed by atoms with van der Waals surface area (Å²) in [6.45, 7) is 3.50. The van der Waals surface area contributed by atoms with E-state index in [-0.39, 0.29) is 18.7 Å². The first kappa shape index (κ1) is 14.6. The summed E-state index contributed by atoms with van der Waals surface area (Å²) in [5.41, 5.74) is 0.0212. The van der Waals surface area contributed by atoms with Crippen molar-refractivity contribution >= 4 is 33.5 Å². The smallest absolute Gasteiger partial charge is 0.303 e. The molecule has 0 radical (unpaired) electrons. The molecule has 0 atom stereocenters. The number of rotatable bonds is 5. The van der Waals surface area contributed by atoms with Gasteiger partial charge in [-0.1, -0.05) is 13.8 Å². The van der Waals surface area contributed by atoms with Crippen molar-refractivity contribution in [3.8, 4) is 0 Å². The SMILES string of the molecule is CC(C)(CC(=O)O)CC(=O)Nc1ccc(Br)nc1. The van der Waals surface area contributed by atoms with Crippen LogP contribution in [0.15, 0.2) is 22.9 Å². The molecular formula is C12H15BrN2O3. The maximum absolute atomic E-state index is 11.8. The molecule has 0 spiro atoms. The van der Waals surface area contributed by atoms with Gasteiger partial charge in [0.05, 0.1) is 18.3 Å². The standard InChI is InChI=1S/C12H15BrN2O3/c1-12(2,6-11(17)18)5-10(16)15-8-3-4-9(13)14-7-8/h3-4,7H,5-6H2,1-2H3,(H,15,16)(H,17,18). The molecule has 2 N–H and O–H groups in total. The van der Waals surface area contributed by atoms with E-state index in [4.69, 9.17) is 5.11 Å². The number of carbonyl (C=O) groups is 2. The number of pyridine rings is 1. The van der Waals surface area contributed by atoms with Gasteiger partial charge in [0.15, 0.2) is 0 Å². The summed E-state index contributed by atoms with van der Waals surface area (Å²) in [4.78, 5) is 26.4. The van der Waals surface area contributed by atoms with Gasteiger partial charge in [0, 0.05) is 6.42 Å². The molecule has 0 aliphatic rings. The van der Waals surface area contributed by atoms with Crippen LogP contribution in [-0.4, -0.2) is 22.0 Å². The van der Waals surface area contributed by atoms with Gasteiger partial charge in [0.25, 0.3) is 0 Å². The second-order valence-electron chi connectivity index (χ2n) is 4.83. The fourth-order valence-corrected chi connectivity index (χ4v) is 1.80. The number of hydrogen-bond donors (Lipinski definition) is 2. The van der Waals surface area contributed by atoms with Crippen LogP contribution < -0.4 is 5.32 Å². The van der Waals surface area contributed by atoms with Gasteiger partial charge in [-0.15, -0.1) is 0 Å². The Labute approximate surface area is 114 Å². The number of halogens is 1. The molecular weight excluding hydrogens is 300 g/mol. The molecule has 18 heavy (non-hydrogen) atoms. The molecule has 1 aromatic rings. The first-order valence-corrected chi connectivity index (χ1v) is 6.21. The van der Waals surface area contributed by atoms with E-state index in [0.29, 0.717) is 10.3 Å². The van der Waals surface area contributed by atoms with Crippen LogP contribution in [0, 0.1) is 5.41 Å². The minimum absolute atomic E-state index is 0.0427. The molecule has 0 aromatic carbocycles. The monoisotopic (exact) mass is 314 g/mol. The van der Waals surface area contributed by atoms with Crippen molar-refractivity contribution in [3.63, 3.8) is 0 Å². The summed E-state index contributed by atoms with van der Waals surface area (Å²) in [7, 11) is 0. The highest BCUT2D eigenvalue weighted by Crippen LogP contribution is 2.25. The molecule has 1 aromatic heterocycles. The van der Waals surface area contributed by atoms with Crippen LogP contribution in [0.3, 0.4) is 0 Å². The minimum Gasteiger partial charge on any atom is -0.481 e. The molecule has 0 aliphatic heterocycles. The zero-order valence-electron chi connectivity index (χ0n) is 10.2. The van der Waals surface area contributed by atoms with Crippen LogP contribution in [0.2, 0.25) is 0 Å². The zero-order chi connectivity index (χ0) is 13.8. The van der Waals surface area contributed by atoms with Crippen molar-refractivity contribution in [2.75, 3.05) is 5.32 Å². The summed E-state index contributed by atoms with van der Waals surface area (Å²) < 4.78 is 0.687. The van der Waals surface area contributed by atoms with E-state index in [1.54, 1.807) is 26.0 Å². The van der Waals surface area contributed by atoms with Crippen molar-refractivity contribution in [1.29, 1.82) is 0 Å². The van der Waals surface area contributed by atoms with Crippen LogP contribution in [-0.2, 0) is 9.59 Å². The molecule has 1 rings (SSSR count). The van der Waals surface area contributed by atoms with Gasteiger partial charge in [-0.3, -0.25) is 9.59 Å². The Balaban J connectivity index is 2.56. The van der Waals surface area contributed by atoms with Gasteiger partial charge in [0.1, 0.15) is 4.60 Å². The van der Waals surface area contributed by atoms with Crippen LogP contribution in [0.5, 0.6) is 0 Å². The Kier molecular flexibility index (Phi) is 4.84. The fourth-order valence-electron chi connectivity index (χ4n) is 1.56. The van der Waals surface area contributed by atoms with Crippen LogP contribution in [0.25, 0.3) is 0 Å². The summed E-state index contributed by atoms with van der Waals surface area (Å²) >= 11 is 3.20. The molecule has 0 bridgehead atoms. The highest BCUT2D eigenvalue weighted by Gasteiger charge is 2.25. The van der Waals surface area contributed by atoms with Gasteiger partial charge in [0.2, 0.25) is 5.91 Å². The third kappa shape index (κ3) is 5.27. The molecule has 0 saturated carbocycles. The van der Waals surface area contributed by atoms with E-state index in [1.807, 2.05) is 0 Å². The average molecular weight is 315 g/mol. The summed E-state index contributed by atoms with van der Waals surface area (Å²) in [5, 5.41) is 11.4. The third-order valence-electron chi connectivity index (χ3n) is 2.28. The Bertz CT molecular complexity index is 443. The number of nitrogens with one attached hydrogen (secondary N) is 1. The second-order valence-corrected chi connectivity index (χ2v) is 5.64. The third-order valence-corrected chi connectivity index (χ3v) is 2.75. The van der Waals surface area contributed by atoms with Gasteiger partial charge >= 0.3 is 5.97 Å². The number of carbonyl (C=O) groups excluding carboxylic acids is 1. The van der Waals surface area contributed by atoms with Gasteiger partial charge in [-0.05, 0) is 33.5 Å². The van der Waals surface area contributed by atoms with Crippen molar-refractivity contribution in [2.24, 2.45) is 5.41 Å². The molecule has 6 heteroatoms. The van der Waals surface area contributed by atoms with Gasteiger partial charge < -0.3 is 10.4 Å². The quantitative estimate of drug-likeness (QED) is 0.819. The maximum atomic E-state index is 11.8. The van der Waals surface area contributed by atoms with Crippen LogP contribution in [0.4, 0.5) is 5.69 Å². The lowest BCUT2D eigenvalue weighted by Gasteiger charge is -2.21. The minimum atomic E-state index is -0.905. The number of aliphatic carboxylic acids is 1. The highest BCUT2D eigenvalue weighted by atomic mass is 79.9. The fraction of sp³-hybridized carbons (Fsp3) is 0.417. The predicted molar refractivity (Wildman–Crippen MR) is 71.2 cm³/mol. The van der Waals surface area contributed by atoms with Crippen molar-refractivity contribution in [1.82, 2.24) is 4.98 Å². The molecule has 0 unspecified atom stereocenters. The summed E-state index contributed by atoms with van der Waals surface area (Å²) in [6, 6.07) is 3.44. The molecule has 1 heterocycles. The molecule has 98 valence electrons. The van der Waals surface area contributed by atoms with E-state index in [0.717, 1.165) is 0 Å². The molecule has 0 aliphatic carbocycles. The van der Waals surface area contributed by atoms with E-state index in [1.165, 1.54) is 6.20 Å². The lowest BCUT2D eigenvalue weighted by Crippen LogP contribution is -2.24. The topological polar surface area (TPSA) is 79.3 Å². The second kappa shape index (κ2) is 5.95. The van der Waals surface area contributed by atoms with Crippen molar-refractivity contribution < 1.29 is 14.7 Å². The molecule has 0 saturated heterocycles. The first-order chi connectivity index (χ1) is 8.28. The van der Waals surface area contributed by atoms with Crippen molar-refractivity contribution in [2.45, 2.75) is 26.7 Å². The van der Waals surface area contributed by atoms with Crippen molar-refractivity contribution in [3.05, 3.63) is 22.9 Å². The van der Waals surface area contributed by atoms with Crippen LogP contribution in [0.1, 0.15) is 26.7 Å². The number of carboxylic acids is 1. The first-order valence-electron chi connectivity index (χ1n) is 5.42. The number of carboxylic acid groups (broad SMARTS) is 1. The number of nitrogens with zero attached hydrogens (tertiary/aromatic N) is 1. The Morgan fingerprint density at radius 1 is 1.39 bits per heavy atom. The Morgan fingerprint density at radius 3 is 2.56 bits per heavy atom. The molecule has 0 fully saturated rings. The Hall–Kier alpha value is -1.43. The number of aromatic nitrogens is 1. The number of hydrogen-bond acceptors (Lipinski definition) is 3. The zero-order valence-corrected chi connectivity index (χ0v) is 11.8. The van der Waals surface area contributed by atoms with E-state index >= 15 is 0 Å². The lowest BCUT2D eigenvalue weighted by atomic mass is 9.85.